The van der Waals surface area contributed by atoms with Crippen LogP contribution in [0.5, 0.6) is 11.5 Å². The minimum Gasteiger partial charge on any atom is -0.493 e. The lowest BCUT2D eigenvalue weighted by molar-refractivity contribution is -0.142. The lowest BCUT2D eigenvalue weighted by Gasteiger charge is -2.09. The Labute approximate surface area is 92.7 Å². The molecule has 0 heterocycles. The Morgan fingerprint density at radius 1 is 1.33 bits per heavy atom. The molecule has 0 unspecified atom stereocenters. The van der Waals surface area contributed by atoms with Crippen molar-refractivity contribution in [1.82, 2.24) is 0 Å². The van der Waals surface area contributed by atoms with Gasteiger partial charge in [-0.15, -0.1) is 0 Å². The molecule has 1 rings (SSSR count). The monoisotopic (exact) mass is 230 g/mol. The highest BCUT2D eigenvalue weighted by Crippen LogP contribution is 2.29. The highest BCUT2D eigenvalue weighted by atomic mass is 35.5. The number of hydrogen-bond donors (Lipinski definition) is 0. The second-order valence-corrected chi connectivity index (χ2v) is 3.10. The normalized spacial score (nSPS) is 9.53. The van der Waals surface area contributed by atoms with Crippen molar-refractivity contribution in [2.24, 2.45) is 0 Å². The Kier molecular flexibility index (Phi) is 4.24. The van der Waals surface area contributed by atoms with E-state index < -0.39 is 5.97 Å². The number of carbonyl (C=O) groups is 1. The van der Waals surface area contributed by atoms with E-state index in [-0.39, 0.29) is 6.61 Å². The molecule has 0 saturated carbocycles. The van der Waals surface area contributed by atoms with Crippen molar-refractivity contribution in [2.45, 2.75) is 0 Å². The largest absolute Gasteiger partial charge is 0.493 e. The molecule has 0 amide bonds. The van der Waals surface area contributed by atoms with Gasteiger partial charge < -0.3 is 14.2 Å². The van der Waals surface area contributed by atoms with Crippen LogP contribution in [0.2, 0.25) is 5.02 Å². The molecule has 0 saturated heterocycles. The number of ether oxygens (including phenoxy) is 3. The zero-order chi connectivity index (χ0) is 11.3. The van der Waals surface area contributed by atoms with Gasteiger partial charge in [0.15, 0.2) is 18.1 Å². The Hall–Kier alpha value is -1.42. The molecule has 0 N–H and O–H groups in total. The molecule has 0 aliphatic carbocycles. The molecule has 1 aromatic rings. The van der Waals surface area contributed by atoms with Crippen molar-refractivity contribution < 1.29 is 19.0 Å². The summed E-state index contributed by atoms with van der Waals surface area (Å²) in [5, 5.41) is 0.510. The lowest BCUT2D eigenvalue weighted by atomic mass is 10.3. The van der Waals surface area contributed by atoms with Crippen molar-refractivity contribution in [3.63, 3.8) is 0 Å². The summed E-state index contributed by atoms with van der Waals surface area (Å²) in [6, 6.07) is 4.91. The van der Waals surface area contributed by atoms with E-state index in [0.717, 1.165) is 0 Å². The summed E-state index contributed by atoms with van der Waals surface area (Å²) in [6.45, 7) is -0.173. The number of esters is 1. The van der Waals surface area contributed by atoms with Crippen molar-refractivity contribution in [3.8, 4) is 11.5 Å². The second kappa shape index (κ2) is 5.46. The first kappa shape index (κ1) is 11.7. The molecule has 82 valence electrons. The van der Waals surface area contributed by atoms with Gasteiger partial charge >= 0.3 is 5.97 Å². The van der Waals surface area contributed by atoms with Crippen LogP contribution in [0.15, 0.2) is 18.2 Å². The third-order valence-corrected chi connectivity index (χ3v) is 1.93. The number of hydrogen-bond acceptors (Lipinski definition) is 4. The Morgan fingerprint density at radius 3 is 2.67 bits per heavy atom. The third-order valence-electron chi connectivity index (χ3n) is 1.70. The molecule has 0 aromatic heterocycles. The van der Waals surface area contributed by atoms with Gasteiger partial charge in [-0.2, -0.15) is 0 Å². The number of methoxy groups -OCH3 is 2. The maximum Gasteiger partial charge on any atom is 0.343 e. The van der Waals surface area contributed by atoms with Crippen molar-refractivity contribution >= 4 is 17.6 Å². The van der Waals surface area contributed by atoms with E-state index in [9.17, 15) is 4.79 Å². The lowest BCUT2D eigenvalue weighted by Crippen LogP contribution is -2.12. The van der Waals surface area contributed by atoms with E-state index in [1.54, 1.807) is 18.2 Å². The van der Waals surface area contributed by atoms with Gasteiger partial charge in [-0.1, -0.05) is 11.6 Å². The number of halogens is 1. The predicted octanol–water partition coefficient (Wildman–Crippen LogP) is 1.90. The van der Waals surface area contributed by atoms with Crippen LogP contribution >= 0.6 is 11.6 Å². The van der Waals surface area contributed by atoms with E-state index in [0.29, 0.717) is 16.5 Å². The Bertz CT molecular complexity index is 351. The van der Waals surface area contributed by atoms with E-state index >= 15 is 0 Å². The Morgan fingerprint density at radius 2 is 2.07 bits per heavy atom. The van der Waals surface area contributed by atoms with Crippen LogP contribution < -0.4 is 9.47 Å². The molecule has 0 spiro atoms. The summed E-state index contributed by atoms with van der Waals surface area (Å²) in [6.07, 6.45) is 0. The number of benzene rings is 1. The molecule has 1 aromatic carbocycles. The summed E-state index contributed by atoms with van der Waals surface area (Å²) < 4.78 is 14.6. The highest BCUT2D eigenvalue weighted by molar-refractivity contribution is 6.30. The van der Waals surface area contributed by atoms with Gasteiger partial charge in [-0.05, 0) is 12.1 Å². The summed E-state index contributed by atoms with van der Waals surface area (Å²) >= 11 is 5.77. The molecule has 0 bridgehead atoms. The SMILES string of the molecule is COC(=O)COc1cc(Cl)ccc1OC. The maximum absolute atomic E-state index is 10.8. The summed E-state index contributed by atoms with van der Waals surface area (Å²) in [7, 11) is 2.80. The molecule has 15 heavy (non-hydrogen) atoms. The summed E-state index contributed by atoms with van der Waals surface area (Å²) in [4.78, 5) is 10.8. The fourth-order valence-corrected chi connectivity index (χ4v) is 1.12. The van der Waals surface area contributed by atoms with E-state index in [1.165, 1.54) is 14.2 Å². The average Bonchev–Trinajstić information content (AvgIpc) is 2.26. The molecule has 0 aliphatic rings. The maximum atomic E-state index is 10.8. The molecular formula is C10H11ClO4. The zero-order valence-corrected chi connectivity index (χ0v) is 9.21. The van der Waals surface area contributed by atoms with Crippen LogP contribution in [0.4, 0.5) is 0 Å². The topological polar surface area (TPSA) is 44.8 Å². The summed E-state index contributed by atoms with van der Waals surface area (Å²) in [5.74, 6) is 0.468. The first-order chi connectivity index (χ1) is 7.17. The smallest absolute Gasteiger partial charge is 0.343 e. The molecule has 0 atom stereocenters. The number of carbonyl (C=O) groups excluding carboxylic acids is 1. The molecular weight excluding hydrogens is 220 g/mol. The van der Waals surface area contributed by atoms with Crippen LogP contribution in [0.1, 0.15) is 0 Å². The van der Waals surface area contributed by atoms with E-state index in [2.05, 4.69) is 4.74 Å². The number of rotatable bonds is 4. The van der Waals surface area contributed by atoms with Gasteiger partial charge in [0.1, 0.15) is 0 Å². The van der Waals surface area contributed by atoms with Crippen LogP contribution in [0.3, 0.4) is 0 Å². The van der Waals surface area contributed by atoms with Gasteiger partial charge in [-0.25, -0.2) is 4.79 Å². The quantitative estimate of drug-likeness (QED) is 0.741. The Balaban J connectivity index is 2.74. The van der Waals surface area contributed by atoms with Gasteiger partial charge in [0.25, 0.3) is 0 Å². The molecule has 0 radical (unpaired) electrons. The molecule has 0 aliphatic heterocycles. The zero-order valence-electron chi connectivity index (χ0n) is 8.45. The highest BCUT2D eigenvalue weighted by Gasteiger charge is 2.07. The predicted molar refractivity (Wildman–Crippen MR) is 55.5 cm³/mol. The van der Waals surface area contributed by atoms with Crippen LogP contribution in [0, 0.1) is 0 Å². The standard InChI is InChI=1S/C10H11ClO4/c1-13-8-4-3-7(11)5-9(8)15-6-10(12)14-2/h3-5H,6H2,1-2H3. The van der Waals surface area contributed by atoms with E-state index in [4.69, 9.17) is 21.1 Å². The molecule has 4 nitrogen and oxygen atoms in total. The van der Waals surface area contributed by atoms with Gasteiger partial charge in [0.2, 0.25) is 0 Å². The minimum atomic E-state index is -0.461. The first-order valence-corrected chi connectivity index (χ1v) is 4.58. The second-order valence-electron chi connectivity index (χ2n) is 2.66. The van der Waals surface area contributed by atoms with Gasteiger partial charge in [0, 0.05) is 11.1 Å². The van der Waals surface area contributed by atoms with Crippen LogP contribution in [-0.2, 0) is 9.53 Å². The first-order valence-electron chi connectivity index (χ1n) is 4.20. The minimum absolute atomic E-state index is 0.173. The van der Waals surface area contributed by atoms with Crippen molar-refractivity contribution in [3.05, 3.63) is 23.2 Å². The van der Waals surface area contributed by atoms with E-state index in [1.807, 2.05) is 0 Å². The third kappa shape index (κ3) is 3.32. The average molecular weight is 231 g/mol. The van der Waals surface area contributed by atoms with Gasteiger partial charge in [-0.3, -0.25) is 0 Å². The van der Waals surface area contributed by atoms with Crippen molar-refractivity contribution in [1.29, 1.82) is 0 Å². The van der Waals surface area contributed by atoms with Crippen LogP contribution in [0.25, 0.3) is 0 Å². The van der Waals surface area contributed by atoms with Crippen LogP contribution in [-0.4, -0.2) is 26.8 Å². The fourth-order valence-electron chi connectivity index (χ4n) is 0.959. The molecule has 0 fully saturated rings. The fraction of sp³-hybridized carbons (Fsp3) is 0.300. The van der Waals surface area contributed by atoms with Crippen molar-refractivity contribution in [2.75, 3.05) is 20.8 Å². The summed E-state index contributed by atoms with van der Waals surface area (Å²) in [5.41, 5.74) is 0. The van der Waals surface area contributed by atoms with Gasteiger partial charge in [0.05, 0.1) is 14.2 Å². The molecule has 5 heteroatoms.